The van der Waals surface area contributed by atoms with Crippen molar-refractivity contribution in [2.75, 3.05) is 18.4 Å². The fraction of sp³-hybridized carbons (Fsp3) is 0.312. The Morgan fingerprint density at radius 2 is 2.00 bits per heavy atom. The standard InChI is InChI=1S/C16H17BrN6/c17-13-10-20-23-15(21-12-3-7-19-8-4-12)9-14(22-16(13)23)11-1-5-18-6-2-11/h3-4,7-11,18H,1-2,5-6H2,(H,19,21). The van der Waals surface area contributed by atoms with E-state index in [4.69, 9.17) is 4.98 Å². The van der Waals surface area contributed by atoms with E-state index < -0.39 is 0 Å². The van der Waals surface area contributed by atoms with Gasteiger partial charge in [-0.1, -0.05) is 0 Å². The minimum Gasteiger partial charge on any atom is -0.340 e. The van der Waals surface area contributed by atoms with E-state index in [1.54, 1.807) is 18.6 Å². The Hall–Kier alpha value is -1.99. The van der Waals surface area contributed by atoms with E-state index in [0.29, 0.717) is 5.92 Å². The molecule has 0 radical (unpaired) electrons. The van der Waals surface area contributed by atoms with E-state index in [2.05, 4.69) is 42.7 Å². The molecule has 0 aromatic carbocycles. The molecule has 23 heavy (non-hydrogen) atoms. The Bertz CT molecular complexity index is 810. The number of hydrogen-bond acceptors (Lipinski definition) is 5. The molecule has 0 saturated carbocycles. The van der Waals surface area contributed by atoms with Crippen LogP contribution in [0.25, 0.3) is 5.65 Å². The number of hydrogen-bond donors (Lipinski definition) is 2. The lowest BCUT2D eigenvalue weighted by molar-refractivity contribution is 0.453. The predicted octanol–water partition coefficient (Wildman–Crippen LogP) is 3.10. The second-order valence-electron chi connectivity index (χ2n) is 5.68. The van der Waals surface area contributed by atoms with Gasteiger partial charge in [-0.2, -0.15) is 9.61 Å². The molecule has 0 bridgehead atoms. The van der Waals surface area contributed by atoms with Gasteiger partial charge in [0.1, 0.15) is 5.82 Å². The number of nitrogens with one attached hydrogen (secondary N) is 2. The number of pyridine rings is 1. The molecule has 1 saturated heterocycles. The fourth-order valence-corrected chi connectivity index (χ4v) is 3.30. The summed E-state index contributed by atoms with van der Waals surface area (Å²) in [4.78, 5) is 8.89. The maximum Gasteiger partial charge on any atom is 0.171 e. The maximum atomic E-state index is 4.83. The van der Waals surface area contributed by atoms with Gasteiger partial charge in [0, 0.05) is 35.8 Å². The highest BCUT2D eigenvalue weighted by Gasteiger charge is 2.19. The number of nitrogens with zero attached hydrogens (tertiary/aromatic N) is 4. The molecule has 1 aliphatic rings. The summed E-state index contributed by atoms with van der Waals surface area (Å²) >= 11 is 3.55. The van der Waals surface area contributed by atoms with Gasteiger partial charge in [-0.3, -0.25) is 4.98 Å². The van der Waals surface area contributed by atoms with Crippen LogP contribution < -0.4 is 10.6 Å². The Labute approximate surface area is 142 Å². The average Bonchev–Trinajstić information content (AvgIpc) is 2.98. The molecule has 0 unspecified atom stereocenters. The summed E-state index contributed by atoms with van der Waals surface area (Å²) in [5, 5.41) is 11.2. The average molecular weight is 373 g/mol. The summed E-state index contributed by atoms with van der Waals surface area (Å²) in [5.41, 5.74) is 2.95. The molecule has 1 fully saturated rings. The summed E-state index contributed by atoms with van der Waals surface area (Å²) in [7, 11) is 0. The zero-order valence-electron chi connectivity index (χ0n) is 12.5. The highest BCUT2D eigenvalue weighted by molar-refractivity contribution is 9.10. The zero-order chi connectivity index (χ0) is 15.6. The van der Waals surface area contributed by atoms with E-state index >= 15 is 0 Å². The van der Waals surface area contributed by atoms with Gasteiger partial charge in [-0.15, -0.1) is 0 Å². The van der Waals surface area contributed by atoms with Gasteiger partial charge < -0.3 is 10.6 Å². The Kier molecular flexibility index (Phi) is 3.97. The van der Waals surface area contributed by atoms with Crippen molar-refractivity contribution in [1.29, 1.82) is 0 Å². The highest BCUT2D eigenvalue weighted by atomic mass is 79.9. The molecule has 3 aromatic heterocycles. The van der Waals surface area contributed by atoms with Crippen molar-refractivity contribution in [3.63, 3.8) is 0 Å². The van der Waals surface area contributed by atoms with Gasteiger partial charge in [0.25, 0.3) is 0 Å². The third-order valence-electron chi connectivity index (χ3n) is 4.16. The molecule has 4 heterocycles. The number of anilines is 2. The first-order valence-electron chi connectivity index (χ1n) is 7.73. The topological polar surface area (TPSA) is 67.1 Å². The van der Waals surface area contributed by atoms with Crippen LogP contribution in [0.4, 0.5) is 11.5 Å². The van der Waals surface area contributed by atoms with Gasteiger partial charge in [0.15, 0.2) is 5.65 Å². The molecule has 118 valence electrons. The van der Waals surface area contributed by atoms with Crippen molar-refractivity contribution in [1.82, 2.24) is 24.9 Å². The van der Waals surface area contributed by atoms with Crippen molar-refractivity contribution in [2.24, 2.45) is 0 Å². The van der Waals surface area contributed by atoms with E-state index in [1.807, 2.05) is 16.6 Å². The second kappa shape index (κ2) is 6.25. The first kappa shape index (κ1) is 14.6. The quantitative estimate of drug-likeness (QED) is 0.739. The van der Waals surface area contributed by atoms with Gasteiger partial charge >= 0.3 is 0 Å². The Morgan fingerprint density at radius 1 is 1.22 bits per heavy atom. The van der Waals surface area contributed by atoms with E-state index in [1.165, 1.54) is 0 Å². The van der Waals surface area contributed by atoms with Crippen LogP contribution in [-0.4, -0.2) is 32.7 Å². The van der Waals surface area contributed by atoms with Crippen LogP contribution in [-0.2, 0) is 0 Å². The molecule has 1 aliphatic heterocycles. The molecular formula is C16H17BrN6. The minimum atomic E-state index is 0.487. The van der Waals surface area contributed by atoms with E-state index in [0.717, 1.165) is 53.3 Å². The Balaban J connectivity index is 1.78. The van der Waals surface area contributed by atoms with E-state index in [9.17, 15) is 0 Å². The lowest BCUT2D eigenvalue weighted by Gasteiger charge is -2.23. The summed E-state index contributed by atoms with van der Waals surface area (Å²) in [6.45, 7) is 2.09. The van der Waals surface area contributed by atoms with Crippen molar-refractivity contribution < 1.29 is 0 Å². The number of piperidine rings is 1. The van der Waals surface area contributed by atoms with Crippen molar-refractivity contribution in [2.45, 2.75) is 18.8 Å². The number of rotatable bonds is 3. The largest absolute Gasteiger partial charge is 0.340 e. The number of halogens is 1. The first-order chi connectivity index (χ1) is 11.3. The summed E-state index contributed by atoms with van der Waals surface area (Å²) in [6, 6.07) is 5.99. The maximum absolute atomic E-state index is 4.83. The molecular weight excluding hydrogens is 356 g/mol. The van der Waals surface area contributed by atoms with Gasteiger partial charge in [0.2, 0.25) is 0 Å². The summed E-state index contributed by atoms with van der Waals surface area (Å²) in [5.74, 6) is 1.40. The van der Waals surface area contributed by atoms with Crippen LogP contribution in [0.3, 0.4) is 0 Å². The summed E-state index contributed by atoms with van der Waals surface area (Å²) < 4.78 is 2.74. The van der Waals surface area contributed by atoms with Crippen LogP contribution >= 0.6 is 15.9 Å². The van der Waals surface area contributed by atoms with E-state index in [-0.39, 0.29) is 0 Å². The number of fused-ring (bicyclic) bond motifs is 1. The lowest BCUT2D eigenvalue weighted by Crippen LogP contribution is -2.27. The molecule has 6 nitrogen and oxygen atoms in total. The smallest absolute Gasteiger partial charge is 0.171 e. The molecule has 3 aromatic rings. The molecule has 2 N–H and O–H groups in total. The van der Waals surface area contributed by atoms with Gasteiger partial charge in [-0.05, 0) is 54.0 Å². The van der Waals surface area contributed by atoms with Crippen molar-refractivity contribution in [3.8, 4) is 0 Å². The van der Waals surface area contributed by atoms with Crippen LogP contribution in [0.2, 0.25) is 0 Å². The Morgan fingerprint density at radius 3 is 2.78 bits per heavy atom. The van der Waals surface area contributed by atoms with Gasteiger partial charge in [-0.25, -0.2) is 4.98 Å². The highest BCUT2D eigenvalue weighted by Crippen LogP contribution is 2.29. The van der Waals surface area contributed by atoms with Crippen LogP contribution in [0.1, 0.15) is 24.5 Å². The monoisotopic (exact) mass is 372 g/mol. The fourth-order valence-electron chi connectivity index (χ4n) is 2.95. The predicted molar refractivity (Wildman–Crippen MR) is 93.1 cm³/mol. The molecule has 0 amide bonds. The van der Waals surface area contributed by atoms with Crippen LogP contribution in [0.15, 0.2) is 41.3 Å². The third-order valence-corrected chi connectivity index (χ3v) is 4.72. The molecule has 4 rings (SSSR count). The van der Waals surface area contributed by atoms with Gasteiger partial charge in [0.05, 0.1) is 10.7 Å². The molecule has 0 aliphatic carbocycles. The zero-order valence-corrected chi connectivity index (χ0v) is 14.1. The lowest BCUT2D eigenvalue weighted by atomic mass is 9.94. The number of aromatic nitrogens is 4. The molecule has 0 spiro atoms. The molecule has 7 heteroatoms. The second-order valence-corrected chi connectivity index (χ2v) is 6.53. The SMILES string of the molecule is Brc1cnn2c(Nc3ccncc3)cc(C3CCNCC3)nc12. The van der Waals surface area contributed by atoms with Crippen LogP contribution in [0.5, 0.6) is 0 Å². The minimum absolute atomic E-state index is 0.487. The van der Waals surface area contributed by atoms with Crippen LogP contribution in [0, 0.1) is 0 Å². The van der Waals surface area contributed by atoms with Crippen molar-refractivity contribution >= 4 is 33.1 Å². The first-order valence-corrected chi connectivity index (χ1v) is 8.52. The summed E-state index contributed by atoms with van der Waals surface area (Å²) in [6.07, 6.45) is 7.56. The van der Waals surface area contributed by atoms with Crippen molar-refractivity contribution in [3.05, 3.63) is 47.0 Å². The third kappa shape index (κ3) is 2.94. The molecule has 0 atom stereocenters. The normalized spacial score (nSPS) is 15.9.